The summed E-state index contributed by atoms with van der Waals surface area (Å²) in [6.07, 6.45) is -0.111. The van der Waals surface area contributed by atoms with Gasteiger partial charge in [0.2, 0.25) is 5.91 Å². The smallest absolute Gasteiger partial charge is 0.214 e. The molecule has 0 spiro atoms. The van der Waals surface area contributed by atoms with Crippen molar-refractivity contribution >= 4 is 17.7 Å². The topological polar surface area (TPSA) is 113 Å². The van der Waals surface area contributed by atoms with E-state index >= 15 is 0 Å². The van der Waals surface area contributed by atoms with Crippen LogP contribution in [0, 0.1) is 0 Å². The van der Waals surface area contributed by atoms with Gasteiger partial charge in [-0.05, 0) is 6.26 Å². The van der Waals surface area contributed by atoms with Crippen LogP contribution in [0.25, 0.3) is 0 Å². The third-order valence-corrected chi connectivity index (χ3v) is 2.81. The Hall–Kier alpha value is -0.340. The van der Waals surface area contributed by atoms with Crippen molar-refractivity contribution < 1.29 is 24.9 Å². The molecule has 0 aliphatic carbocycles. The fourth-order valence-corrected chi connectivity index (χ4v) is 1.86. The van der Waals surface area contributed by atoms with Gasteiger partial charge in [0.15, 0.2) is 0 Å². The number of nitrogens with two attached hydrogens (primary N) is 1. The van der Waals surface area contributed by atoms with Gasteiger partial charge in [0.05, 0.1) is 12.7 Å². The first-order valence-electron chi connectivity index (χ1n) is 4.83. The predicted octanol–water partition coefficient (Wildman–Crippen LogP) is -1.33. The first-order valence-corrected chi connectivity index (χ1v) is 6.12. The largest absolute Gasteiger partial charge is 0.394 e. The molecule has 4 atom stereocenters. The Kier molecular flexibility index (Phi) is 7.69. The molecule has 1 aliphatic heterocycles. The summed E-state index contributed by atoms with van der Waals surface area (Å²) in [4.78, 5) is 9.22. The summed E-state index contributed by atoms with van der Waals surface area (Å²) >= 11 is 1.47. The number of carbonyl (C=O) groups is 1. The van der Waals surface area contributed by atoms with Crippen LogP contribution in [0.1, 0.15) is 13.3 Å². The minimum atomic E-state index is -0.960. The Morgan fingerprint density at radius 2 is 2.06 bits per heavy atom. The van der Waals surface area contributed by atoms with Gasteiger partial charge in [-0.2, -0.15) is 0 Å². The molecule has 0 radical (unpaired) electrons. The quantitative estimate of drug-likeness (QED) is 0.485. The number of hydrogen-bond acceptors (Lipinski definition) is 6. The standard InChI is InChI=1S/C7H14O4S.C2H5NO/c1-12-6-2-4(9)7(10)5(3-8)11-6;1-2(3)4/h4-10H,2-3H2,1H3;1H3,(H2,3,4). The number of amides is 1. The van der Waals surface area contributed by atoms with E-state index in [-0.39, 0.29) is 18.0 Å². The average Bonchev–Trinajstić information content (AvgIpc) is 2.21. The molecule has 1 aliphatic rings. The van der Waals surface area contributed by atoms with Gasteiger partial charge < -0.3 is 25.8 Å². The van der Waals surface area contributed by atoms with E-state index in [9.17, 15) is 15.0 Å². The third kappa shape index (κ3) is 5.66. The molecule has 0 aromatic carbocycles. The highest BCUT2D eigenvalue weighted by Crippen LogP contribution is 2.25. The molecule has 1 amide bonds. The van der Waals surface area contributed by atoms with Gasteiger partial charge in [-0.25, -0.2) is 0 Å². The minimum Gasteiger partial charge on any atom is -0.394 e. The maximum Gasteiger partial charge on any atom is 0.214 e. The fraction of sp³-hybridized carbons (Fsp3) is 0.889. The summed E-state index contributed by atoms with van der Waals surface area (Å²) in [6.45, 7) is 1.05. The van der Waals surface area contributed by atoms with Crippen LogP contribution in [0.2, 0.25) is 0 Å². The summed E-state index contributed by atoms with van der Waals surface area (Å²) in [5.74, 6) is -0.333. The SMILES string of the molecule is CC(N)=O.CSC1CC(O)C(O)C(CO)O1. The second-order valence-electron chi connectivity index (χ2n) is 3.43. The van der Waals surface area contributed by atoms with Crippen molar-refractivity contribution in [2.45, 2.75) is 37.1 Å². The second kappa shape index (κ2) is 7.86. The van der Waals surface area contributed by atoms with E-state index in [1.807, 2.05) is 6.26 Å². The van der Waals surface area contributed by atoms with Gasteiger partial charge in [0.1, 0.15) is 17.6 Å². The number of ether oxygens (including phenoxy) is 1. The van der Waals surface area contributed by atoms with Gasteiger partial charge in [0, 0.05) is 13.3 Å². The molecule has 6 nitrogen and oxygen atoms in total. The molecule has 96 valence electrons. The van der Waals surface area contributed by atoms with Crippen molar-refractivity contribution in [1.82, 2.24) is 0 Å². The molecule has 0 aromatic heterocycles. The van der Waals surface area contributed by atoms with E-state index in [0.717, 1.165) is 0 Å². The molecular weight excluding hydrogens is 234 g/mol. The van der Waals surface area contributed by atoms with Crippen LogP contribution in [0.5, 0.6) is 0 Å². The van der Waals surface area contributed by atoms with E-state index in [1.165, 1.54) is 18.7 Å². The zero-order valence-electron chi connectivity index (χ0n) is 9.37. The molecular formula is C9H19NO5S. The maximum absolute atomic E-state index is 9.33. The summed E-state index contributed by atoms with van der Waals surface area (Å²) in [5, 5.41) is 27.4. The van der Waals surface area contributed by atoms with Crippen LogP contribution >= 0.6 is 11.8 Å². The number of primary amides is 1. The van der Waals surface area contributed by atoms with Gasteiger partial charge in [-0.15, -0.1) is 11.8 Å². The Bertz CT molecular complexity index is 212. The number of aliphatic hydroxyl groups is 3. The van der Waals surface area contributed by atoms with Crippen molar-refractivity contribution in [3.05, 3.63) is 0 Å². The van der Waals surface area contributed by atoms with E-state index < -0.39 is 18.3 Å². The average molecular weight is 253 g/mol. The van der Waals surface area contributed by atoms with Crippen molar-refractivity contribution in [3.8, 4) is 0 Å². The summed E-state index contributed by atoms with van der Waals surface area (Å²) in [6, 6.07) is 0. The van der Waals surface area contributed by atoms with E-state index in [1.54, 1.807) is 0 Å². The first-order chi connectivity index (χ1) is 7.42. The molecule has 1 heterocycles. The lowest BCUT2D eigenvalue weighted by atomic mass is 10.0. The summed E-state index contributed by atoms with van der Waals surface area (Å²) in [7, 11) is 0. The highest BCUT2D eigenvalue weighted by Gasteiger charge is 2.35. The van der Waals surface area contributed by atoms with Crippen molar-refractivity contribution in [2.24, 2.45) is 5.73 Å². The number of hydrogen-bond donors (Lipinski definition) is 4. The van der Waals surface area contributed by atoms with Gasteiger partial charge in [0.25, 0.3) is 0 Å². The van der Waals surface area contributed by atoms with Crippen molar-refractivity contribution in [2.75, 3.05) is 12.9 Å². The van der Waals surface area contributed by atoms with Crippen LogP contribution in [-0.4, -0.2) is 57.8 Å². The highest BCUT2D eigenvalue weighted by atomic mass is 32.2. The Morgan fingerprint density at radius 1 is 1.56 bits per heavy atom. The molecule has 5 N–H and O–H groups in total. The molecule has 16 heavy (non-hydrogen) atoms. The van der Waals surface area contributed by atoms with Crippen molar-refractivity contribution in [3.63, 3.8) is 0 Å². The zero-order chi connectivity index (χ0) is 12.7. The molecule has 0 bridgehead atoms. The Morgan fingerprint density at radius 3 is 2.44 bits per heavy atom. The molecule has 7 heteroatoms. The molecule has 0 saturated carbocycles. The summed E-state index contributed by atoms with van der Waals surface area (Å²) in [5.41, 5.74) is 4.35. The fourth-order valence-electron chi connectivity index (χ4n) is 1.22. The second-order valence-corrected chi connectivity index (χ2v) is 4.42. The lowest BCUT2D eigenvalue weighted by molar-refractivity contribution is -0.157. The number of thioether (sulfide) groups is 1. The number of carbonyl (C=O) groups excluding carboxylic acids is 1. The van der Waals surface area contributed by atoms with Gasteiger partial charge in [-0.1, -0.05) is 0 Å². The third-order valence-electron chi connectivity index (χ3n) is 1.98. The van der Waals surface area contributed by atoms with Crippen molar-refractivity contribution in [1.29, 1.82) is 0 Å². The Labute approximate surface area is 98.8 Å². The van der Waals surface area contributed by atoms with Crippen LogP contribution in [0.15, 0.2) is 0 Å². The van der Waals surface area contributed by atoms with Gasteiger partial charge >= 0.3 is 0 Å². The lowest BCUT2D eigenvalue weighted by Crippen LogP contribution is -2.48. The number of rotatable bonds is 2. The highest BCUT2D eigenvalue weighted by molar-refractivity contribution is 7.99. The molecule has 0 aromatic rings. The van der Waals surface area contributed by atoms with Crippen LogP contribution in [0.3, 0.4) is 0 Å². The monoisotopic (exact) mass is 253 g/mol. The van der Waals surface area contributed by atoms with Crippen LogP contribution in [0.4, 0.5) is 0 Å². The molecule has 1 fully saturated rings. The maximum atomic E-state index is 9.33. The van der Waals surface area contributed by atoms with Gasteiger partial charge in [-0.3, -0.25) is 4.79 Å². The summed E-state index contributed by atoms with van der Waals surface area (Å²) < 4.78 is 5.27. The van der Waals surface area contributed by atoms with E-state index in [2.05, 4.69) is 5.73 Å². The predicted molar refractivity (Wildman–Crippen MR) is 60.8 cm³/mol. The molecule has 1 saturated heterocycles. The number of aliphatic hydroxyl groups excluding tert-OH is 3. The lowest BCUT2D eigenvalue weighted by Gasteiger charge is -2.35. The normalized spacial score (nSPS) is 33.8. The van der Waals surface area contributed by atoms with Crippen LogP contribution < -0.4 is 5.73 Å². The van der Waals surface area contributed by atoms with E-state index in [4.69, 9.17) is 9.84 Å². The minimum absolute atomic E-state index is 0.124. The van der Waals surface area contributed by atoms with Crippen LogP contribution in [-0.2, 0) is 9.53 Å². The molecule has 1 rings (SSSR count). The molecule has 4 unspecified atom stereocenters. The first kappa shape index (κ1) is 15.7. The van der Waals surface area contributed by atoms with E-state index in [0.29, 0.717) is 6.42 Å². The zero-order valence-corrected chi connectivity index (χ0v) is 10.2. The Balaban J connectivity index is 0.000000487.